The Morgan fingerprint density at radius 3 is 2.54 bits per heavy atom. The summed E-state index contributed by atoms with van der Waals surface area (Å²) in [5.41, 5.74) is 1.39. The van der Waals surface area contributed by atoms with Crippen LogP contribution in [0.3, 0.4) is 0 Å². The molecular formula is C25H25FN4O5. The number of carbonyl (C=O) groups is 2. The van der Waals surface area contributed by atoms with Crippen molar-refractivity contribution in [1.29, 1.82) is 0 Å². The normalized spacial score (nSPS) is 14.1. The Morgan fingerprint density at radius 1 is 1.20 bits per heavy atom. The number of rotatable bonds is 6. The van der Waals surface area contributed by atoms with Crippen LogP contribution in [0.15, 0.2) is 53.1 Å². The Hall–Kier alpha value is -4.08. The van der Waals surface area contributed by atoms with Gasteiger partial charge in [-0.1, -0.05) is 0 Å². The van der Waals surface area contributed by atoms with Crippen LogP contribution in [0.25, 0.3) is 0 Å². The Bertz CT molecular complexity index is 1250. The zero-order chi connectivity index (χ0) is 25.1. The van der Waals surface area contributed by atoms with Gasteiger partial charge in [0.25, 0.3) is 17.5 Å². The van der Waals surface area contributed by atoms with E-state index in [4.69, 9.17) is 4.42 Å². The molecule has 9 nitrogen and oxygen atoms in total. The van der Waals surface area contributed by atoms with Crippen molar-refractivity contribution >= 4 is 17.5 Å². The Labute approximate surface area is 201 Å². The molecule has 0 unspecified atom stereocenters. The molecule has 3 aromatic rings. The summed E-state index contributed by atoms with van der Waals surface area (Å²) in [6.07, 6.45) is 2.67. The Kier molecular flexibility index (Phi) is 6.90. The number of aromatic nitrogens is 1. The molecule has 0 bridgehead atoms. The van der Waals surface area contributed by atoms with Crippen LogP contribution in [-0.4, -0.2) is 51.7 Å². The van der Waals surface area contributed by atoms with Gasteiger partial charge in [0.05, 0.1) is 40.6 Å². The number of hydrogen-bond donors (Lipinski definition) is 0. The van der Waals surface area contributed by atoms with Crippen molar-refractivity contribution in [3.63, 3.8) is 0 Å². The molecule has 1 aliphatic heterocycles. The number of carbonyl (C=O) groups excluding carboxylic acids is 2. The number of benzene rings is 1. The lowest BCUT2D eigenvalue weighted by atomic mass is 9.89. The Balaban J connectivity index is 1.47. The van der Waals surface area contributed by atoms with E-state index in [9.17, 15) is 24.1 Å². The molecule has 0 saturated carbocycles. The van der Waals surface area contributed by atoms with Crippen LogP contribution in [0.4, 0.5) is 10.1 Å². The highest BCUT2D eigenvalue weighted by Gasteiger charge is 2.30. The van der Waals surface area contributed by atoms with Crippen LogP contribution in [0.1, 0.15) is 56.6 Å². The van der Waals surface area contributed by atoms with Crippen molar-refractivity contribution in [3.05, 3.63) is 92.9 Å². The second-order valence-electron chi connectivity index (χ2n) is 8.61. The van der Waals surface area contributed by atoms with Gasteiger partial charge in [-0.15, -0.1) is 0 Å². The van der Waals surface area contributed by atoms with Gasteiger partial charge in [-0.2, -0.15) is 0 Å². The van der Waals surface area contributed by atoms with E-state index in [1.54, 1.807) is 42.5 Å². The lowest BCUT2D eigenvalue weighted by molar-refractivity contribution is -0.385. The molecule has 0 N–H and O–H groups in total. The third-order valence-corrected chi connectivity index (χ3v) is 6.18. The van der Waals surface area contributed by atoms with Crippen molar-refractivity contribution in [3.8, 4) is 0 Å². The number of nitrogens with zero attached hydrogens (tertiary/aromatic N) is 4. The number of nitro groups is 1. The molecular weight excluding hydrogens is 455 g/mol. The van der Waals surface area contributed by atoms with Gasteiger partial charge in [0.1, 0.15) is 11.6 Å². The molecule has 0 atom stereocenters. The number of likely N-dealkylation sites (tertiary alicyclic amines) is 1. The highest BCUT2D eigenvalue weighted by atomic mass is 19.1. The summed E-state index contributed by atoms with van der Waals surface area (Å²) in [5, 5.41) is 10.8. The van der Waals surface area contributed by atoms with Gasteiger partial charge in [-0.25, -0.2) is 4.39 Å². The fourth-order valence-corrected chi connectivity index (χ4v) is 4.30. The van der Waals surface area contributed by atoms with E-state index in [0.29, 0.717) is 49.5 Å². The number of piperidine rings is 1. The lowest BCUT2D eigenvalue weighted by Crippen LogP contribution is -2.39. The maximum Gasteiger partial charge on any atom is 0.272 e. The lowest BCUT2D eigenvalue weighted by Gasteiger charge is -2.33. The smallest absolute Gasteiger partial charge is 0.272 e. The zero-order valence-electron chi connectivity index (χ0n) is 19.4. The first kappa shape index (κ1) is 24.1. The van der Waals surface area contributed by atoms with Crippen LogP contribution in [0, 0.1) is 22.9 Å². The summed E-state index contributed by atoms with van der Waals surface area (Å²) < 4.78 is 19.7. The quantitative estimate of drug-likeness (QED) is 0.384. The maximum atomic E-state index is 14.3. The van der Waals surface area contributed by atoms with Crippen LogP contribution >= 0.6 is 0 Å². The minimum atomic E-state index is -0.917. The molecule has 0 radical (unpaired) electrons. The molecule has 4 rings (SSSR count). The van der Waals surface area contributed by atoms with Crippen LogP contribution in [0.2, 0.25) is 0 Å². The molecule has 1 aromatic carbocycles. The zero-order valence-corrected chi connectivity index (χ0v) is 19.4. The summed E-state index contributed by atoms with van der Waals surface area (Å²) >= 11 is 0. The molecule has 2 amide bonds. The third kappa shape index (κ3) is 5.21. The largest absolute Gasteiger partial charge is 0.467 e. The van der Waals surface area contributed by atoms with Gasteiger partial charge in [-0.3, -0.25) is 24.7 Å². The molecule has 0 aliphatic carbocycles. The first-order valence-corrected chi connectivity index (χ1v) is 11.2. The molecule has 1 fully saturated rings. The number of non-ortho nitro benzene ring substituents is 1. The number of nitro benzene ring substituents is 1. The van der Waals surface area contributed by atoms with Crippen molar-refractivity contribution in [1.82, 2.24) is 14.8 Å². The number of amides is 2. The first-order chi connectivity index (χ1) is 16.7. The minimum Gasteiger partial charge on any atom is -0.467 e. The molecule has 35 heavy (non-hydrogen) atoms. The second kappa shape index (κ2) is 10.0. The van der Waals surface area contributed by atoms with E-state index in [1.165, 1.54) is 4.90 Å². The summed E-state index contributed by atoms with van der Waals surface area (Å²) in [6.45, 7) is 2.89. The molecule has 3 heterocycles. The van der Waals surface area contributed by atoms with Crippen LogP contribution < -0.4 is 0 Å². The second-order valence-corrected chi connectivity index (χ2v) is 8.61. The highest BCUT2D eigenvalue weighted by Crippen LogP contribution is 2.31. The predicted octanol–water partition coefficient (Wildman–Crippen LogP) is 4.32. The molecule has 2 aromatic heterocycles. The number of aryl methyl sites for hydroxylation is 1. The molecule has 1 saturated heterocycles. The summed E-state index contributed by atoms with van der Waals surface area (Å²) in [7, 11) is 1.70. The van der Waals surface area contributed by atoms with Gasteiger partial charge >= 0.3 is 0 Å². The monoisotopic (exact) mass is 480 g/mol. The maximum absolute atomic E-state index is 14.3. The summed E-state index contributed by atoms with van der Waals surface area (Å²) in [5.74, 6) is -0.971. The number of hydrogen-bond acceptors (Lipinski definition) is 6. The van der Waals surface area contributed by atoms with E-state index in [1.807, 2.05) is 6.92 Å². The minimum absolute atomic E-state index is 0.0448. The van der Waals surface area contributed by atoms with E-state index in [0.717, 1.165) is 23.9 Å². The van der Waals surface area contributed by atoms with E-state index in [2.05, 4.69) is 4.98 Å². The summed E-state index contributed by atoms with van der Waals surface area (Å²) in [6, 6.07) is 10.2. The average Bonchev–Trinajstić information content (AvgIpc) is 3.36. The van der Waals surface area contributed by atoms with Gasteiger partial charge in [-0.05, 0) is 50.1 Å². The van der Waals surface area contributed by atoms with Gasteiger partial charge < -0.3 is 14.2 Å². The third-order valence-electron chi connectivity index (χ3n) is 6.18. The van der Waals surface area contributed by atoms with Crippen LogP contribution in [0.5, 0.6) is 0 Å². The van der Waals surface area contributed by atoms with Crippen molar-refractivity contribution in [2.45, 2.75) is 32.2 Å². The SMILES string of the molecule is Cc1ccc(C(=O)N(C)Cc2ccco2)c(C2CCN(C(=O)c3ccc([N+](=O)[O-])cc3F)CC2)n1. The number of furan rings is 1. The standard InChI is InChI=1S/C25H25FN4O5/c1-16-5-7-21(24(31)28(2)15-19-4-3-13-35-19)23(27-16)17-9-11-29(12-10-17)25(32)20-8-6-18(30(33)34)14-22(20)26/h3-8,13-14,17H,9-12,15H2,1-2H3. The number of pyridine rings is 1. The molecule has 0 spiro atoms. The van der Waals surface area contributed by atoms with Crippen molar-refractivity contribution in [2.24, 2.45) is 0 Å². The van der Waals surface area contributed by atoms with E-state index < -0.39 is 22.3 Å². The average molecular weight is 480 g/mol. The van der Waals surface area contributed by atoms with Crippen LogP contribution in [-0.2, 0) is 6.54 Å². The predicted molar refractivity (Wildman–Crippen MR) is 124 cm³/mol. The molecule has 10 heteroatoms. The Morgan fingerprint density at radius 2 is 1.91 bits per heavy atom. The fraction of sp³-hybridized carbons (Fsp3) is 0.320. The number of halogens is 1. The van der Waals surface area contributed by atoms with Gasteiger partial charge in [0.15, 0.2) is 0 Å². The first-order valence-electron chi connectivity index (χ1n) is 11.2. The molecule has 182 valence electrons. The topological polar surface area (TPSA) is 110 Å². The fourth-order valence-electron chi connectivity index (χ4n) is 4.30. The van der Waals surface area contributed by atoms with Crippen molar-refractivity contribution < 1.29 is 23.3 Å². The van der Waals surface area contributed by atoms with E-state index >= 15 is 0 Å². The highest BCUT2D eigenvalue weighted by molar-refractivity contribution is 5.96. The van der Waals surface area contributed by atoms with Gasteiger partial charge in [0, 0.05) is 37.8 Å². The van der Waals surface area contributed by atoms with Crippen molar-refractivity contribution in [2.75, 3.05) is 20.1 Å². The molecule has 1 aliphatic rings. The van der Waals surface area contributed by atoms with Gasteiger partial charge in [0.2, 0.25) is 0 Å². The summed E-state index contributed by atoms with van der Waals surface area (Å²) in [4.78, 5) is 43.9. The van der Waals surface area contributed by atoms with E-state index in [-0.39, 0.29) is 17.4 Å².